The van der Waals surface area contributed by atoms with Crippen molar-refractivity contribution in [1.29, 1.82) is 0 Å². The molecule has 1 aliphatic heterocycles. The summed E-state index contributed by atoms with van der Waals surface area (Å²) in [6.07, 6.45) is -0.00280. The molecule has 1 aliphatic rings. The van der Waals surface area contributed by atoms with Gasteiger partial charge in [-0.2, -0.15) is 0 Å². The lowest BCUT2D eigenvalue weighted by Crippen LogP contribution is -2.61. The number of alkyl carbamates (subject to hydrolysis) is 2. The van der Waals surface area contributed by atoms with Gasteiger partial charge in [0.2, 0.25) is 11.8 Å². The fourth-order valence-corrected chi connectivity index (χ4v) is 6.48. The summed E-state index contributed by atoms with van der Waals surface area (Å²) in [6, 6.07) is 24.3. The van der Waals surface area contributed by atoms with Gasteiger partial charge in [-0.15, -0.1) is 0 Å². The Hall–Kier alpha value is -4.94. The van der Waals surface area contributed by atoms with E-state index in [9.17, 15) is 24.3 Å². The molecule has 54 heavy (non-hydrogen) atoms. The van der Waals surface area contributed by atoms with Crippen LogP contribution in [0, 0.1) is 11.8 Å². The molecular weight excluding hydrogens is 686 g/mol. The topological polar surface area (TPSA) is 158 Å². The summed E-state index contributed by atoms with van der Waals surface area (Å²) in [5.41, 5.74) is 2.51. The summed E-state index contributed by atoms with van der Waals surface area (Å²) in [7, 11) is 0. The Morgan fingerprint density at radius 3 is 1.44 bits per heavy atom. The standard InChI is InChI=1S/C42H57N5O7/c1-29(2)36(45-41(51)53-25-24-47-22-14-15-23-47)39(49)43-34(26-31-16-8-5-9-17-31)38(48)35(27-32-18-10-6-11-19-32)44-40(50)37(30(3)4)46-42(52)54-28-33-20-12-7-13-21-33/h5-13,16-21,29-30,34-38,48H,14-15,22-28H2,1-4H3,(H,43,49)(H,44,50)(H,45,51)(H,46,52)/t34-,35-,36-,37-,38?/m0/s1. The van der Waals surface area contributed by atoms with Crippen molar-refractivity contribution in [2.75, 3.05) is 26.2 Å². The van der Waals surface area contributed by atoms with Gasteiger partial charge in [0.1, 0.15) is 25.3 Å². The van der Waals surface area contributed by atoms with Crippen molar-refractivity contribution in [3.8, 4) is 0 Å². The molecule has 4 amide bonds. The number of hydrogen-bond acceptors (Lipinski definition) is 8. The summed E-state index contributed by atoms with van der Waals surface area (Å²) in [5.74, 6) is -1.62. The molecule has 5 N–H and O–H groups in total. The van der Waals surface area contributed by atoms with E-state index in [0.717, 1.165) is 42.6 Å². The van der Waals surface area contributed by atoms with Crippen LogP contribution in [0.2, 0.25) is 0 Å². The largest absolute Gasteiger partial charge is 0.448 e. The number of benzene rings is 3. The second-order valence-electron chi connectivity index (χ2n) is 14.6. The SMILES string of the molecule is CC(C)[C@H](NC(=O)OCCN1CCCC1)C(=O)N[C@@H](Cc1ccccc1)C(O)[C@H](Cc1ccccc1)NC(=O)[C@@H](NC(=O)OCc1ccccc1)C(C)C. The third-order valence-corrected chi connectivity index (χ3v) is 9.57. The van der Waals surface area contributed by atoms with Crippen molar-refractivity contribution in [2.45, 2.75) is 90.3 Å². The third-order valence-electron chi connectivity index (χ3n) is 9.57. The van der Waals surface area contributed by atoms with Crippen molar-refractivity contribution < 1.29 is 33.8 Å². The highest BCUT2D eigenvalue weighted by atomic mass is 16.6. The number of nitrogens with one attached hydrogen (secondary N) is 4. The molecule has 1 fully saturated rings. The van der Waals surface area contributed by atoms with Gasteiger partial charge in [0.25, 0.3) is 0 Å². The lowest BCUT2D eigenvalue weighted by atomic mass is 9.91. The lowest BCUT2D eigenvalue weighted by molar-refractivity contribution is -0.126. The monoisotopic (exact) mass is 743 g/mol. The number of likely N-dealkylation sites (tertiary alicyclic amines) is 1. The van der Waals surface area contributed by atoms with Crippen LogP contribution in [0.4, 0.5) is 9.59 Å². The highest BCUT2D eigenvalue weighted by Crippen LogP contribution is 2.16. The van der Waals surface area contributed by atoms with E-state index in [4.69, 9.17) is 9.47 Å². The smallest absolute Gasteiger partial charge is 0.408 e. The molecule has 1 heterocycles. The van der Waals surface area contributed by atoms with Crippen LogP contribution >= 0.6 is 0 Å². The van der Waals surface area contributed by atoms with E-state index in [1.165, 1.54) is 0 Å². The zero-order chi connectivity index (χ0) is 38.9. The van der Waals surface area contributed by atoms with E-state index in [2.05, 4.69) is 26.2 Å². The van der Waals surface area contributed by atoms with Gasteiger partial charge in [-0.25, -0.2) is 9.59 Å². The minimum atomic E-state index is -1.30. The minimum absolute atomic E-state index is 0.0396. The summed E-state index contributed by atoms with van der Waals surface area (Å²) < 4.78 is 10.8. The Bertz CT molecular complexity index is 1590. The Labute approximate surface area is 319 Å². The second-order valence-corrected chi connectivity index (χ2v) is 14.6. The fraction of sp³-hybridized carbons (Fsp3) is 0.476. The second kappa shape index (κ2) is 21.7. The summed E-state index contributed by atoms with van der Waals surface area (Å²) in [4.78, 5) is 55.8. The number of rotatable bonds is 19. The summed E-state index contributed by atoms with van der Waals surface area (Å²) >= 11 is 0. The van der Waals surface area contributed by atoms with Crippen molar-refractivity contribution in [1.82, 2.24) is 26.2 Å². The number of aliphatic hydroxyl groups excluding tert-OH is 1. The van der Waals surface area contributed by atoms with Crippen LogP contribution in [-0.4, -0.2) is 90.5 Å². The molecule has 0 saturated carbocycles. The first kappa shape index (κ1) is 41.8. The highest BCUT2D eigenvalue weighted by Gasteiger charge is 2.36. The van der Waals surface area contributed by atoms with Gasteiger partial charge in [-0.1, -0.05) is 119 Å². The Morgan fingerprint density at radius 1 is 0.611 bits per heavy atom. The maximum atomic E-state index is 13.9. The number of nitrogens with zero attached hydrogens (tertiary/aromatic N) is 1. The zero-order valence-electron chi connectivity index (χ0n) is 31.9. The van der Waals surface area contributed by atoms with Crippen LogP contribution in [0.25, 0.3) is 0 Å². The van der Waals surface area contributed by atoms with Crippen molar-refractivity contribution in [3.63, 3.8) is 0 Å². The number of aliphatic hydroxyl groups is 1. The average molecular weight is 744 g/mol. The van der Waals surface area contributed by atoms with Crippen LogP contribution in [0.15, 0.2) is 91.0 Å². The summed E-state index contributed by atoms with van der Waals surface area (Å²) in [5, 5.41) is 23.6. The van der Waals surface area contributed by atoms with Crippen LogP contribution in [-0.2, 0) is 38.5 Å². The number of carbonyl (C=O) groups excluding carboxylic acids is 4. The molecule has 3 aromatic rings. The maximum Gasteiger partial charge on any atom is 0.408 e. The third kappa shape index (κ3) is 13.8. The molecule has 0 aromatic heterocycles. The molecule has 12 nitrogen and oxygen atoms in total. The fourth-order valence-electron chi connectivity index (χ4n) is 6.48. The Morgan fingerprint density at radius 2 is 1.02 bits per heavy atom. The number of carbonyl (C=O) groups is 4. The van der Waals surface area contributed by atoms with Crippen LogP contribution in [0.3, 0.4) is 0 Å². The van der Waals surface area contributed by atoms with Gasteiger partial charge in [0.05, 0.1) is 18.2 Å². The zero-order valence-corrected chi connectivity index (χ0v) is 31.9. The molecule has 1 unspecified atom stereocenters. The van der Waals surface area contributed by atoms with Gasteiger partial charge in [0, 0.05) is 6.54 Å². The molecule has 0 bridgehead atoms. The number of hydrogen-bond donors (Lipinski definition) is 5. The molecular formula is C42H57N5O7. The van der Waals surface area contributed by atoms with Gasteiger partial charge in [0.15, 0.2) is 0 Å². The van der Waals surface area contributed by atoms with Crippen molar-refractivity contribution in [2.24, 2.45) is 11.8 Å². The first-order valence-corrected chi connectivity index (χ1v) is 19.0. The van der Waals surface area contributed by atoms with Crippen LogP contribution in [0.5, 0.6) is 0 Å². The molecule has 5 atom stereocenters. The molecule has 12 heteroatoms. The quantitative estimate of drug-likeness (QED) is 0.119. The molecule has 4 rings (SSSR count). The molecule has 0 aliphatic carbocycles. The van der Waals surface area contributed by atoms with Gasteiger partial charge >= 0.3 is 12.2 Å². The predicted molar refractivity (Wildman–Crippen MR) is 207 cm³/mol. The number of ether oxygens (including phenoxy) is 2. The molecule has 0 spiro atoms. The predicted octanol–water partition coefficient (Wildman–Crippen LogP) is 4.60. The lowest BCUT2D eigenvalue weighted by Gasteiger charge is -2.34. The normalized spacial score (nSPS) is 15.8. The van der Waals surface area contributed by atoms with Crippen LogP contribution in [0.1, 0.15) is 57.2 Å². The molecule has 292 valence electrons. The van der Waals surface area contributed by atoms with E-state index in [1.807, 2.05) is 105 Å². The van der Waals surface area contributed by atoms with E-state index in [-0.39, 0.29) is 37.9 Å². The van der Waals surface area contributed by atoms with E-state index in [0.29, 0.717) is 6.54 Å². The molecule has 1 saturated heterocycles. The van der Waals surface area contributed by atoms with Gasteiger partial charge in [-0.3, -0.25) is 14.5 Å². The van der Waals surface area contributed by atoms with Crippen molar-refractivity contribution in [3.05, 3.63) is 108 Å². The maximum absolute atomic E-state index is 13.9. The Kier molecular flexibility index (Phi) is 16.8. The highest BCUT2D eigenvalue weighted by molar-refractivity contribution is 5.87. The molecule has 0 radical (unpaired) electrons. The first-order valence-electron chi connectivity index (χ1n) is 19.0. The average Bonchev–Trinajstić information content (AvgIpc) is 3.69. The number of amides is 4. The first-order chi connectivity index (χ1) is 26.0. The Balaban J connectivity index is 1.51. The van der Waals surface area contributed by atoms with Crippen molar-refractivity contribution >= 4 is 24.0 Å². The van der Waals surface area contributed by atoms with Gasteiger partial charge in [-0.05, 0) is 67.3 Å². The van der Waals surface area contributed by atoms with Crippen LogP contribution < -0.4 is 21.3 Å². The molecule has 3 aromatic carbocycles. The minimum Gasteiger partial charge on any atom is -0.448 e. The van der Waals surface area contributed by atoms with E-state index >= 15 is 0 Å². The van der Waals surface area contributed by atoms with E-state index < -0.39 is 54.3 Å². The van der Waals surface area contributed by atoms with E-state index in [1.54, 1.807) is 13.8 Å². The summed E-state index contributed by atoms with van der Waals surface area (Å²) in [6.45, 7) is 10.1. The van der Waals surface area contributed by atoms with Gasteiger partial charge < -0.3 is 35.8 Å².